The first kappa shape index (κ1) is 23.3. The highest BCUT2D eigenvalue weighted by molar-refractivity contribution is 9.11. The van der Waals surface area contributed by atoms with Crippen molar-refractivity contribution in [3.63, 3.8) is 0 Å². The average molecular weight is 519 g/mol. The highest BCUT2D eigenvalue weighted by Gasteiger charge is 2.33. The Kier molecular flexibility index (Phi) is 7.40. The van der Waals surface area contributed by atoms with Crippen LogP contribution >= 0.6 is 27.3 Å². The largest absolute Gasteiger partial charge is 0.391 e. The third-order valence-electron chi connectivity index (χ3n) is 4.59. The Balaban J connectivity index is 1.59. The lowest BCUT2D eigenvalue weighted by Crippen LogP contribution is -2.46. The highest BCUT2D eigenvalue weighted by atomic mass is 79.9. The molecule has 2 aromatic rings. The molecule has 0 saturated heterocycles. The van der Waals surface area contributed by atoms with Gasteiger partial charge in [0.25, 0.3) is 5.91 Å². The summed E-state index contributed by atoms with van der Waals surface area (Å²) in [6.07, 6.45) is -5.61. The molecule has 0 saturated carbocycles. The molecule has 166 valence electrons. The van der Waals surface area contributed by atoms with Crippen LogP contribution in [0.4, 0.5) is 13.2 Å². The molecule has 0 fully saturated rings. The number of alkyl halides is 3. The number of amides is 2. The van der Waals surface area contributed by atoms with Gasteiger partial charge in [0.15, 0.2) is 0 Å². The van der Waals surface area contributed by atoms with Gasteiger partial charge in [0.2, 0.25) is 5.91 Å². The van der Waals surface area contributed by atoms with E-state index in [9.17, 15) is 22.8 Å². The number of H-pyrrole nitrogens is 1. The van der Waals surface area contributed by atoms with Gasteiger partial charge in [-0.25, -0.2) is 0 Å². The molecule has 2 atom stereocenters. The van der Waals surface area contributed by atoms with Gasteiger partial charge in [-0.3, -0.25) is 9.59 Å². The molecule has 1 aliphatic rings. The summed E-state index contributed by atoms with van der Waals surface area (Å²) < 4.78 is 45.4. The number of ether oxygens (including phenoxy) is 1. The van der Waals surface area contributed by atoms with Crippen molar-refractivity contribution in [3.05, 3.63) is 43.8 Å². The number of nitrogens with zero attached hydrogens (tertiary/aromatic N) is 1. The van der Waals surface area contributed by atoms with E-state index in [4.69, 9.17) is 10.00 Å². The Bertz CT molecular complexity index is 998. The molecule has 0 aliphatic carbocycles. The zero-order chi connectivity index (χ0) is 22.6. The fraction of sp³-hybridized carbons (Fsp3) is 0.421. The van der Waals surface area contributed by atoms with Crippen molar-refractivity contribution in [1.29, 1.82) is 5.26 Å². The van der Waals surface area contributed by atoms with Crippen LogP contribution in [0.1, 0.15) is 45.6 Å². The molecule has 0 aromatic carbocycles. The number of carbonyl (C=O) groups excluding carboxylic acids is 2. The molecule has 31 heavy (non-hydrogen) atoms. The van der Waals surface area contributed by atoms with Crippen molar-refractivity contribution in [2.45, 2.75) is 37.6 Å². The van der Waals surface area contributed by atoms with Crippen LogP contribution in [0.25, 0.3) is 0 Å². The second kappa shape index (κ2) is 9.84. The number of nitrogens with one attached hydrogen (secondary N) is 3. The average Bonchev–Trinajstić information content (AvgIpc) is 3.31. The number of fused-ring (bicyclic) bond motifs is 1. The molecule has 3 heterocycles. The first-order chi connectivity index (χ1) is 14.6. The van der Waals surface area contributed by atoms with Gasteiger partial charge in [-0.15, -0.1) is 11.3 Å². The van der Waals surface area contributed by atoms with Crippen LogP contribution in [0.15, 0.2) is 22.0 Å². The first-order valence-corrected chi connectivity index (χ1v) is 10.9. The summed E-state index contributed by atoms with van der Waals surface area (Å²) in [5, 5.41) is 13.5. The lowest BCUT2D eigenvalue weighted by atomic mass is 10.0. The van der Waals surface area contributed by atoms with E-state index < -0.39 is 43.1 Å². The zero-order valence-corrected chi connectivity index (χ0v) is 18.4. The number of nitriles is 1. The third-order valence-corrected chi connectivity index (χ3v) is 6.30. The van der Waals surface area contributed by atoms with Gasteiger partial charge in [0, 0.05) is 17.8 Å². The summed E-state index contributed by atoms with van der Waals surface area (Å²) >= 11 is 4.97. The Morgan fingerprint density at radius 3 is 2.87 bits per heavy atom. The van der Waals surface area contributed by atoms with Gasteiger partial charge in [-0.05, 0) is 39.7 Å². The van der Waals surface area contributed by atoms with Crippen LogP contribution in [0.5, 0.6) is 0 Å². The van der Waals surface area contributed by atoms with E-state index in [-0.39, 0.29) is 17.8 Å². The summed E-state index contributed by atoms with van der Waals surface area (Å²) in [4.78, 5) is 28.2. The van der Waals surface area contributed by atoms with Gasteiger partial charge in [0.1, 0.15) is 17.5 Å². The quantitative estimate of drug-likeness (QED) is 0.520. The Morgan fingerprint density at radius 2 is 2.19 bits per heavy atom. The van der Waals surface area contributed by atoms with Crippen LogP contribution in [0.2, 0.25) is 0 Å². The number of thiophene rings is 1. The lowest BCUT2D eigenvalue weighted by molar-refractivity contribution is -0.140. The Labute approximate surface area is 188 Å². The smallest absolute Gasteiger partial charge is 0.373 e. The predicted molar refractivity (Wildman–Crippen MR) is 109 cm³/mol. The standard InChI is InChI=1S/C19H18BrF3N4O3S/c20-16-5-12-14(30-4-3-15(12)31-16)6-17(28)25-9-11(7-19(21,22)23)27-18(29)13-2-1-10(8-24)26-13/h1-2,5,11,14,26H,3-4,6-7,9H2,(H,25,28)(H,27,29). The van der Waals surface area contributed by atoms with Crippen molar-refractivity contribution < 1.29 is 27.5 Å². The number of hydrogen-bond donors (Lipinski definition) is 3. The summed E-state index contributed by atoms with van der Waals surface area (Å²) in [7, 11) is 0. The molecule has 12 heteroatoms. The normalized spacial score (nSPS) is 16.8. The maximum absolute atomic E-state index is 12.9. The van der Waals surface area contributed by atoms with Crippen molar-refractivity contribution >= 4 is 39.1 Å². The minimum absolute atomic E-state index is 0.0367. The number of aromatic amines is 1. The number of hydrogen-bond acceptors (Lipinski definition) is 5. The van der Waals surface area contributed by atoms with E-state index in [1.807, 2.05) is 6.07 Å². The molecule has 0 radical (unpaired) electrons. The third kappa shape index (κ3) is 6.56. The van der Waals surface area contributed by atoms with Crippen molar-refractivity contribution in [2.24, 2.45) is 0 Å². The van der Waals surface area contributed by atoms with Crippen LogP contribution in [-0.2, 0) is 16.0 Å². The van der Waals surface area contributed by atoms with Gasteiger partial charge >= 0.3 is 6.18 Å². The highest BCUT2D eigenvalue weighted by Crippen LogP contribution is 2.37. The molecule has 0 bridgehead atoms. The van der Waals surface area contributed by atoms with Gasteiger partial charge < -0.3 is 20.4 Å². The summed E-state index contributed by atoms with van der Waals surface area (Å²) in [5.41, 5.74) is 0.970. The van der Waals surface area contributed by atoms with E-state index in [1.165, 1.54) is 12.1 Å². The number of halogens is 4. The van der Waals surface area contributed by atoms with E-state index in [0.29, 0.717) is 6.61 Å². The van der Waals surface area contributed by atoms with Crippen molar-refractivity contribution in [1.82, 2.24) is 15.6 Å². The summed E-state index contributed by atoms with van der Waals surface area (Å²) in [6, 6.07) is 4.95. The predicted octanol–water partition coefficient (Wildman–Crippen LogP) is 3.58. The topological polar surface area (TPSA) is 107 Å². The maximum Gasteiger partial charge on any atom is 0.391 e. The van der Waals surface area contributed by atoms with Gasteiger partial charge in [-0.1, -0.05) is 0 Å². The van der Waals surface area contributed by atoms with Crippen molar-refractivity contribution in [2.75, 3.05) is 13.2 Å². The van der Waals surface area contributed by atoms with Crippen LogP contribution in [0, 0.1) is 11.3 Å². The molecule has 0 spiro atoms. The van der Waals surface area contributed by atoms with Crippen LogP contribution < -0.4 is 10.6 Å². The van der Waals surface area contributed by atoms with Gasteiger partial charge in [-0.2, -0.15) is 18.4 Å². The molecule has 7 nitrogen and oxygen atoms in total. The van der Waals surface area contributed by atoms with Gasteiger partial charge in [0.05, 0.1) is 35.4 Å². The molecule has 2 amide bonds. The number of carbonyl (C=O) groups is 2. The Morgan fingerprint density at radius 1 is 1.42 bits per heavy atom. The number of aromatic nitrogens is 1. The molecule has 3 rings (SSSR count). The minimum Gasteiger partial charge on any atom is -0.373 e. The van der Waals surface area contributed by atoms with E-state index >= 15 is 0 Å². The second-order valence-corrected chi connectivity index (χ2v) is 9.45. The van der Waals surface area contributed by atoms with E-state index in [0.717, 1.165) is 20.6 Å². The number of rotatable bonds is 7. The van der Waals surface area contributed by atoms with E-state index in [2.05, 4.69) is 31.5 Å². The zero-order valence-electron chi connectivity index (χ0n) is 16.0. The second-order valence-electron chi connectivity index (χ2n) is 6.93. The molecular formula is C19H18BrF3N4O3S. The fourth-order valence-corrected chi connectivity index (χ4v) is 4.96. The molecule has 2 unspecified atom stereocenters. The first-order valence-electron chi connectivity index (χ1n) is 9.27. The molecule has 1 aliphatic heterocycles. The van der Waals surface area contributed by atoms with Crippen LogP contribution in [0.3, 0.4) is 0 Å². The van der Waals surface area contributed by atoms with E-state index in [1.54, 1.807) is 17.4 Å². The maximum atomic E-state index is 12.9. The summed E-state index contributed by atoms with van der Waals surface area (Å²) in [6.45, 7) is 0.0638. The molecule has 3 N–H and O–H groups in total. The van der Waals surface area contributed by atoms with Crippen LogP contribution in [-0.4, -0.2) is 42.2 Å². The SMILES string of the molecule is N#Cc1ccc(C(=O)NC(CNC(=O)CC2OCCc3sc(Br)cc32)CC(F)(F)F)[nH]1. The molecule has 2 aromatic heterocycles. The lowest BCUT2D eigenvalue weighted by Gasteiger charge is -2.24. The molecular weight excluding hydrogens is 501 g/mol. The summed E-state index contributed by atoms with van der Waals surface area (Å²) in [5.74, 6) is -1.28. The minimum atomic E-state index is -4.54. The monoisotopic (exact) mass is 518 g/mol. The Hall–Kier alpha value is -2.36. The van der Waals surface area contributed by atoms with Crippen molar-refractivity contribution in [3.8, 4) is 6.07 Å². The fourth-order valence-electron chi connectivity index (χ4n) is 3.22.